The van der Waals surface area contributed by atoms with E-state index < -0.39 is 5.97 Å². The molecule has 6 heteroatoms. The number of pyridine rings is 1. The van der Waals surface area contributed by atoms with Crippen LogP contribution in [0.2, 0.25) is 0 Å². The highest BCUT2D eigenvalue weighted by molar-refractivity contribution is 5.92. The van der Waals surface area contributed by atoms with Crippen molar-refractivity contribution in [1.29, 1.82) is 0 Å². The zero-order chi connectivity index (χ0) is 15.6. The van der Waals surface area contributed by atoms with Crippen molar-refractivity contribution in [3.05, 3.63) is 24.0 Å². The Bertz CT molecular complexity index is 547. The van der Waals surface area contributed by atoms with E-state index in [9.17, 15) is 9.59 Å². The topological polar surface area (TPSA) is 82.5 Å². The fourth-order valence-corrected chi connectivity index (χ4v) is 2.80. The lowest BCUT2D eigenvalue weighted by molar-refractivity contribution is 0.0696. The first kappa shape index (κ1) is 15.3. The maximum atomic E-state index is 12.4. The Balaban J connectivity index is 2.10. The molecule has 1 aromatic heterocycles. The standard InChI is InChI=1S/C15H21N3O3/c1-9-4-10(2)11(3)18(8-9)15(21)17-13-5-12(14(19)20)6-16-7-13/h5-7,9-11H,4,8H2,1-3H3,(H,17,21)(H,19,20). The highest BCUT2D eigenvalue weighted by Crippen LogP contribution is 2.27. The predicted molar refractivity (Wildman–Crippen MR) is 79.3 cm³/mol. The number of nitrogens with zero attached hydrogens (tertiary/aromatic N) is 2. The first-order valence-electron chi connectivity index (χ1n) is 7.14. The molecule has 3 atom stereocenters. The van der Waals surface area contributed by atoms with Gasteiger partial charge in [0.15, 0.2) is 0 Å². The number of aromatic carboxylic acids is 1. The molecule has 1 aromatic rings. The van der Waals surface area contributed by atoms with Gasteiger partial charge in [0.05, 0.1) is 17.4 Å². The van der Waals surface area contributed by atoms with Crippen molar-refractivity contribution in [2.45, 2.75) is 33.2 Å². The molecule has 21 heavy (non-hydrogen) atoms. The van der Waals surface area contributed by atoms with Crippen molar-refractivity contribution in [3.8, 4) is 0 Å². The number of carboxylic acids is 1. The van der Waals surface area contributed by atoms with Gasteiger partial charge >= 0.3 is 12.0 Å². The third kappa shape index (κ3) is 3.51. The number of hydrogen-bond acceptors (Lipinski definition) is 3. The molecule has 2 N–H and O–H groups in total. The van der Waals surface area contributed by atoms with Crippen LogP contribution in [0.25, 0.3) is 0 Å². The van der Waals surface area contributed by atoms with E-state index in [1.54, 1.807) is 0 Å². The van der Waals surface area contributed by atoms with Gasteiger partial charge in [-0.2, -0.15) is 0 Å². The summed E-state index contributed by atoms with van der Waals surface area (Å²) in [4.78, 5) is 29.0. The van der Waals surface area contributed by atoms with Crippen LogP contribution in [0.15, 0.2) is 18.5 Å². The second-order valence-electron chi connectivity index (χ2n) is 5.91. The Hall–Kier alpha value is -2.11. The largest absolute Gasteiger partial charge is 0.478 e. The van der Waals surface area contributed by atoms with Crippen LogP contribution in [0.4, 0.5) is 10.5 Å². The van der Waals surface area contributed by atoms with Gasteiger partial charge in [-0.1, -0.05) is 13.8 Å². The van der Waals surface area contributed by atoms with Gasteiger partial charge in [-0.05, 0) is 31.2 Å². The molecule has 0 aliphatic carbocycles. The van der Waals surface area contributed by atoms with Crippen LogP contribution in [0.3, 0.4) is 0 Å². The van der Waals surface area contributed by atoms with Gasteiger partial charge in [0.2, 0.25) is 0 Å². The Morgan fingerprint density at radius 1 is 1.33 bits per heavy atom. The van der Waals surface area contributed by atoms with Gasteiger partial charge in [0.25, 0.3) is 0 Å². The van der Waals surface area contributed by atoms with Gasteiger partial charge in [-0.25, -0.2) is 9.59 Å². The Morgan fingerprint density at radius 2 is 2.05 bits per heavy atom. The van der Waals surface area contributed by atoms with Crippen LogP contribution >= 0.6 is 0 Å². The summed E-state index contributed by atoms with van der Waals surface area (Å²) >= 11 is 0. The predicted octanol–water partition coefficient (Wildman–Crippen LogP) is 2.68. The molecule has 2 heterocycles. The number of carbonyl (C=O) groups is 2. The number of anilines is 1. The average molecular weight is 291 g/mol. The number of urea groups is 1. The van der Waals surface area contributed by atoms with Crippen LogP contribution in [-0.4, -0.2) is 39.6 Å². The second kappa shape index (κ2) is 6.11. The van der Waals surface area contributed by atoms with Gasteiger partial charge in [0, 0.05) is 18.8 Å². The van der Waals surface area contributed by atoms with Crippen LogP contribution in [0.1, 0.15) is 37.6 Å². The van der Waals surface area contributed by atoms with E-state index in [4.69, 9.17) is 5.11 Å². The van der Waals surface area contributed by atoms with Crippen LogP contribution in [0, 0.1) is 11.8 Å². The summed E-state index contributed by atoms with van der Waals surface area (Å²) in [5.74, 6) is -0.152. The van der Waals surface area contributed by atoms with Crippen molar-refractivity contribution < 1.29 is 14.7 Å². The van der Waals surface area contributed by atoms with E-state index in [-0.39, 0.29) is 17.6 Å². The van der Waals surface area contributed by atoms with Gasteiger partial charge < -0.3 is 15.3 Å². The molecule has 2 rings (SSSR count). The molecule has 0 spiro atoms. The number of nitrogens with one attached hydrogen (secondary N) is 1. The van der Waals surface area contributed by atoms with Crippen molar-refractivity contribution in [3.63, 3.8) is 0 Å². The summed E-state index contributed by atoms with van der Waals surface area (Å²) in [7, 11) is 0. The lowest BCUT2D eigenvalue weighted by Crippen LogP contribution is -2.50. The lowest BCUT2D eigenvalue weighted by atomic mass is 9.86. The Labute approximate surface area is 124 Å². The molecule has 2 amide bonds. The number of piperidine rings is 1. The molecule has 6 nitrogen and oxygen atoms in total. The molecule has 114 valence electrons. The Kier molecular flexibility index (Phi) is 4.45. The van der Waals surface area contributed by atoms with Crippen molar-refractivity contribution in [2.24, 2.45) is 11.8 Å². The average Bonchev–Trinajstić information content (AvgIpc) is 2.43. The number of likely N-dealkylation sites (tertiary alicyclic amines) is 1. The van der Waals surface area contributed by atoms with Gasteiger partial charge in [-0.15, -0.1) is 0 Å². The van der Waals surface area contributed by atoms with Crippen molar-refractivity contribution in [2.75, 3.05) is 11.9 Å². The summed E-state index contributed by atoms with van der Waals surface area (Å²) in [6.45, 7) is 7.04. The lowest BCUT2D eigenvalue weighted by Gasteiger charge is -2.40. The fraction of sp³-hybridized carbons (Fsp3) is 0.533. The summed E-state index contributed by atoms with van der Waals surface area (Å²) in [5.41, 5.74) is 0.458. The smallest absolute Gasteiger partial charge is 0.337 e. The monoisotopic (exact) mass is 291 g/mol. The van der Waals surface area contributed by atoms with E-state index >= 15 is 0 Å². The third-order valence-corrected chi connectivity index (χ3v) is 4.09. The van der Waals surface area contributed by atoms with E-state index in [2.05, 4.69) is 24.1 Å². The van der Waals surface area contributed by atoms with Gasteiger partial charge in [-0.3, -0.25) is 4.98 Å². The minimum Gasteiger partial charge on any atom is -0.478 e. The second-order valence-corrected chi connectivity index (χ2v) is 5.91. The minimum atomic E-state index is -1.06. The van der Waals surface area contributed by atoms with Crippen molar-refractivity contribution >= 4 is 17.7 Å². The van der Waals surface area contributed by atoms with E-state index in [0.717, 1.165) is 6.42 Å². The zero-order valence-electron chi connectivity index (χ0n) is 12.5. The quantitative estimate of drug-likeness (QED) is 0.877. The van der Waals surface area contributed by atoms with E-state index in [1.165, 1.54) is 18.5 Å². The molecule has 1 fully saturated rings. The highest BCUT2D eigenvalue weighted by Gasteiger charge is 2.31. The van der Waals surface area contributed by atoms with E-state index in [1.807, 2.05) is 11.8 Å². The van der Waals surface area contributed by atoms with Crippen LogP contribution in [-0.2, 0) is 0 Å². The molecule has 1 aliphatic heterocycles. The summed E-state index contributed by atoms with van der Waals surface area (Å²) in [6.07, 6.45) is 3.82. The van der Waals surface area contributed by atoms with E-state index in [0.29, 0.717) is 24.1 Å². The molecular weight excluding hydrogens is 270 g/mol. The molecule has 0 saturated carbocycles. The Morgan fingerprint density at radius 3 is 2.71 bits per heavy atom. The zero-order valence-corrected chi connectivity index (χ0v) is 12.5. The number of hydrogen-bond donors (Lipinski definition) is 2. The first-order valence-corrected chi connectivity index (χ1v) is 7.14. The van der Waals surface area contributed by atoms with Crippen LogP contribution in [0.5, 0.6) is 0 Å². The summed E-state index contributed by atoms with van der Waals surface area (Å²) in [5, 5.41) is 11.7. The number of rotatable bonds is 2. The highest BCUT2D eigenvalue weighted by atomic mass is 16.4. The number of amides is 2. The maximum absolute atomic E-state index is 12.4. The molecular formula is C15H21N3O3. The first-order chi connectivity index (χ1) is 9.88. The molecule has 0 radical (unpaired) electrons. The maximum Gasteiger partial charge on any atom is 0.337 e. The molecule has 3 unspecified atom stereocenters. The van der Waals surface area contributed by atoms with Gasteiger partial charge in [0.1, 0.15) is 0 Å². The number of carbonyl (C=O) groups excluding carboxylic acids is 1. The third-order valence-electron chi connectivity index (χ3n) is 4.09. The normalized spacial score (nSPS) is 25.5. The number of carboxylic acid groups (broad SMARTS) is 1. The summed E-state index contributed by atoms with van der Waals surface area (Å²) < 4.78 is 0. The SMILES string of the molecule is CC1CC(C)C(C)N(C(=O)Nc2cncc(C(=O)O)c2)C1. The molecule has 0 bridgehead atoms. The van der Waals surface area contributed by atoms with Crippen LogP contribution < -0.4 is 5.32 Å². The van der Waals surface area contributed by atoms with Crippen molar-refractivity contribution in [1.82, 2.24) is 9.88 Å². The fourth-order valence-electron chi connectivity index (χ4n) is 2.80. The molecule has 1 saturated heterocycles. The minimum absolute atomic E-state index is 0.0567. The number of aromatic nitrogens is 1. The molecule has 1 aliphatic rings. The summed E-state index contributed by atoms with van der Waals surface area (Å²) in [6, 6.07) is 1.37. The molecule has 0 aromatic carbocycles.